The van der Waals surface area contributed by atoms with E-state index in [-0.39, 0.29) is 5.97 Å². The molecule has 3 heteroatoms. The molecule has 1 aliphatic heterocycles. The fourth-order valence-electron chi connectivity index (χ4n) is 2.27. The number of benzene rings is 2. The van der Waals surface area contributed by atoms with E-state index in [1.54, 1.807) is 0 Å². The average molecular weight is 266 g/mol. The van der Waals surface area contributed by atoms with Crippen molar-refractivity contribution >= 4 is 17.6 Å². The van der Waals surface area contributed by atoms with Crippen molar-refractivity contribution in [1.29, 1.82) is 0 Å². The van der Waals surface area contributed by atoms with Crippen molar-refractivity contribution in [3.8, 4) is 11.5 Å². The van der Waals surface area contributed by atoms with Crippen LogP contribution in [0.5, 0.6) is 11.5 Å². The topological polar surface area (TPSA) is 35.5 Å². The maximum atomic E-state index is 12.1. The smallest absolute Gasteiger partial charge is 0.338 e. The van der Waals surface area contributed by atoms with Gasteiger partial charge >= 0.3 is 5.97 Å². The predicted molar refractivity (Wildman–Crippen MR) is 77.6 cm³/mol. The van der Waals surface area contributed by atoms with Gasteiger partial charge in [-0.15, -0.1) is 0 Å². The summed E-state index contributed by atoms with van der Waals surface area (Å²) < 4.78 is 10.8. The average Bonchev–Trinajstić information content (AvgIpc) is 2.63. The number of para-hydroxylation sites is 1. The summed E-state index contributed by atoms with van der Waals surface area (Å²) >= 11 is 0. The lowest BCUT2D eigenvalue weighted by Crippen LogP contribution is -2.04. The molecule has 0 atom stereocenters. The zero-order valence-electron chi connectivity index (χ0n) is 11.3. The van der Waals surface area contributed by atoms with E-state index in [1.807, 2.05) is 55.5 Å². The molecule has 3 rings (SSSR count). The third-order valence-electron chi connectivity index (χ3n) is 3.27. The van der Waals surface area contributed by atoms with E-state index in [1.165, 1.54) is 7.11 Å². The maximum absolute atomic E-state index is 12.1. The van der Waals surface area contributed by atoms with E-state index in [9.17, 15) is 4.79 Å². The second-order valence-corrected chi connectivity index (χ2v) is 4.69. The first kappa shape index (κ1) is 12.5. The molecule has 0 radical (unpaired) electrons. The van der Waals surface area contributed by atoms with Gasteiger partial charge in [-0.05, 0) is 31.2 Å². The van der Waals surface area contributed by atoms with Gasteiger partial charge in [-0.25, -0.2) is 4.79 Å². The molecule has 0 aliphatic carbocycles. The number of esters is 1. The number of carbonyl (C=O) groups excluding carboxylic acids is 1. The molecule has 1 heterocycles. The molecule has 2 aromatic carbocycles. The minimum atomic E-state index is -0.364. The molecule has 0 fully saturated rings. The number of aryl methyl sites for hydroxylation is 1. The van der Waals surface area contributed by atoms with Crippen molar-refractivity contribution < 1.29 is 14.3 Å². The Morgan fingerprint density at radius 3 is 2.70 bits per heavy atom. The quantitative estimate of drug-likeness (QED) is 0.736. The second kappa shape index (κ2) is 4.85. The summed E-state index contributed by atoms with van der Waals surface area (Å²) in [6.45, 7) is 1.98. The molecule has 0 saturated heterocycles. The lowest BCUT2D eigenvalue weighted by atomic mass is 10.0. The number of rotatable bonds is 1. The van der Waals surface area contributed by atoms with Crippen LogP contribution < -0.4 is 4.74 Å². The van der Waals surface area contributed by atoms with Crippen LogP contribution in [-0.4, -0.2) is 13.1 Å². The Hall–Kier alpha value is -2.55. The molecule has 0 N–H and O–H groups in total. The molecule has 0 unspecified atom stereocenters. The van der Waals surface area contributed by atoms with Gasteiger partial charge in [0.2, 0.25) is 0 Å². The van der Waals surface area contributed by atoms with Crippen molar-refractivity contribution in [3.05, 3.63) is 59.2 Å². The van der Waals surface area contributed by atoms with Crippen LogP contribution in [0.2, 0.25) is 0 Å². The Labute approximate surface area is 117 Å². The van der Waals surface area contributed by atoms with Crippen molar-refractivity contribution in [2.24, 2.45) is 0 Å². The largest absolute Gasteiger partial charge is 0.465 e. The fourth-order valence-corrected chi connectivity index (χ4v) is 2.27. The van der Waals surface area contributed by atoms with Gasteiger partial charge in [-0.1, -0.05) is 29.8 Å². The fraction of sp³-hybridized carbons (Fsp3) is 0.118. The number of ether oxygens (including phenoxy) is 2. The van der Waals surface area contributed by atoms with Crippen molar-refractivity contribution in [2.75, 3.05) is 7.11 Å². The summed E-state index contributed by atoms with van der Waals surface area (Å²) in [6.07, 6.45) is 1.81. The molecule has 3 nitrogen and oxygen atoms in total. The first-order valence-corrected chi connectivity index (χ1v) is 6.37. The molecule has 0 saturated carbocycles. The van der Waals surface area contributed by atoms with E-state index in [4.69, 9.17) is 9.47 Å². The Morgan fingerprint density at radius 2 is 1.90 bits per heavy atom. The van der Waals surface area contributed by atoms with Crippen molar-refractivity contribution in [1.82, 2.24) is 0 Å². The molecular weight excluding hydrogens is 252 g/mol. The van der Waals surface area contributed by atoms with Crippen LogP contribution in [0.3, 0.4) is 0 Å². The molecule has 0 spiro atoms. The number of methoxy groups -OCH3 is 1. The van der Waals surface area contributed by atoms with E-state index in [0.29, 0.717) is 11.3 Å². The Kier molecular flexibility index (Phi) is 3.03. The van der Waals surface area contributed by atoms with Crippen LogP contribution >= 0.6 is 0 Å². The minimum absolute atomic E-state index is 0.364. The lowest BCUT2D eigenvalue weighted by molar-refractivity contribution is -0.133. The number of fused-ring (bicyclic) bond motifs is 2. The molecule has 0 amide bonds. The van der Waals surface area contributed by atoms with Crippen LogP contribution in [0.1, 0.15) is 16.7 Å². The van der Waals surface area contributed by atoms with Crippen LogP contribution in [-0.2, 0) is 9.53 Å². The molecule has 2 aromatic rings. The van der Waals surface area contributed by atoms with Gasteiger partial charge < -0.3 is 9.47 Å². The van der Waals surface area contributed by atoms with E-state index >= 15 is 0 Å². The van der Waals surface area contributed by atoms with E-state index < -0.39 is 0 Å². The van der Waals surface area contributed by atoms with Gasteiger partial charge in [0.1, 0.15) is 11.5 Å². The minimum Gasteiger partial charge on any atom is -0.465 e. The first-order chi connectivity index (χ1) is 9.69. The SMILES string of the molecule is COC(=O)C1=Cc2ccccc2Oc2ccc(C)cc21. The first-order valence-electron chi connectivity index (χ1n) is 6.37. The van der Waals surface area contributed by atoms with E-state index in [2.05, 4.69) is 0 Å². The van der Waals surface area contributed by atoms with Crippen LogP contribution in [0.15, 0.2) is 42.5 Å². The third kappa shape index (κ3) is 2.07. The summed E-state index contributed by atoms with van der Waals surface area (Å²) in [4.78, 5) is 12.1. The normalized spacial score (nSPS) is 12.4. The summed E-state index contributed by atoms with van der Waals surface area (Å²) in [7, 11) is 1.39. The highest BCUT2D eigenvalue weighted by atomic mass is 16.5. The van der Waals surface area contributed by atoms with Crippen molar-refractivity contribution in [3.63, 3.8) is 0 Å². The van der Waals surface area contributed by atoms with Gasteiger partial charge in [0.05, 0.1) is 12.7 Å². The molecule has 20 heavy (non-hydrogen) atoms. The van der Waals surface area contributed by atoms with Gasteiger partial charge in [-0.2, -0.15) is 0 Å². The summed E-state index contributed by atoms with van der Waals surface area (Å²) in [5.41, 5.74) is 3.19. The molecular formula is C17H14O3. The highest BCUT2D eigenvalue weighted by Gasteiger charge is 2.21. The number of hydrogen-bond donors (Lipinski definition) is 0. The molecule has 100 valence electrons. The maximum Gasteiger partial charge on any atom is 0.338 e. The lowest BCUT2D eigenvalue weighted by Gasteiger charge is -2.10. The highest BCUT2D eigenvalue weighted by molar-refractivity contribution is 6.22. The van der Waals surface area contributed by atoms with Gasteiger partial charge in [0.25, 0.3) is 0 Å². The predicted octanol–water partition coefficient (Wildman–Crippen LogP) is 3.81. The Morgan fingerprint density at radius 1 is 1.10 bits per heavy atom. The zero-order chi connectivity index (χ0) is 14.1. The number of hydrogen-bond acceptors (Lipinski definition) is 3. The van der Waals surface area contributed by atoms with Crippen LogP contribution in [0.25, 0.3) is 11.6 Å². The molecule has 1 aliphatic rings. The highest BCUT2D eigenvalue weighted by Crippen LogP contribution is 2.38. The zero-order valence-corrected chi connectivity index (χ0v) is 11.3. The molecule has 0 aromatic heterocycles. The third-order valence-corrected chi connectivity index (χ3v) is 3.27. The number of carbonyl (C=O) groups is 1. The molecule has 0 bridgehead atoms. The van der Waals surface area contributed by atoms with Gasteiger partial charge in [0.15, 0.2) is 0 Å². The summed E-state index contributed by atoms with van der Waals surface area (Å²) in [5, 5.41) is 0. The van der Waals surface area contributed by atoms with Crippen molar-refractivity contribution in [2.45, 2.75) is 6.92 Å². The summed E-state index contributed by atoms with van der Waals surface area (Å²) in [6, 6.07) is 13.4. The second-order valence-electron chi connectivity index (χ2n) is 4.69. The Bertz CT molecular complexity index is 714. The standard InChI is InChI=1S/C17H14O3/c1-11-7-8-16-13(9-11)14(17(18)19-2)10-12-5-3-4-6-15(12)20-16/h3-10H,1-2H3. The van der Waals surface area contributed by atoms with Crippen LogP contribution in [0, 0.1) is 6.92 Å². The monoisotopic (exact) mass is 266 g/mol. The van der Waals surface area contributed by atoms with E-state index in [0.717, 1.165) is 22.4 Å². The van der Waals surface area contributed by atoms with Gasteiger partial charge in [-0.3, -0.25) is 0 Å². The van der Waals surface area contributed by atoms with Gasteiger partial charge in [0, 0.05) is 11.1 Å². The van der Waals surface area contributed by atoms with Crippen LogP contribution in [0.4, 0.5) is 0 Å². The Balaban J connectivity index is 2.27. The summed E-state index contributed by atoms with van der Waals surface area (Å²) in [5.74, 6) is 1.03.